The first-order valence-electron chi connectivity index (χ1n) is 3.85. The molecule has 0 atom stereocenters. The summed E-state index contributed by atoms with van der Waals surface area (Å²) in [5, 5.41) is 6.76. The monoisotopic (exact) mass is 172 g/mol. The minimum atomic E-state index is 0.642. The second kappa shape index (κ2) is 3.18. The maximum absolute atomic E-state index is 4.17. The number of H-pyrrole nitrogens is 1. The molecule has 0 aliphatic carbocycles. The van der Waals surface area contributed by atoms with Gasteiger partial charge in [-0.3, -0.25) is 10.1 Å². The van der Waals surface area contributed by atoms with Crippen molar-refractivity contribution in [3.05, 3.63) is 36.9 Å². The Morgan fingerprint density at radius 2 is 2.38 bits per heavy atom. The van der Waals surface area contributed by atoms with Crippen LogP contribution in [0.1, 0.15) is 5.82 Å². The molecule has 2 aromatic rings. The van der Waals surface area contributed by atoms with E-state index in [0.29, 0.717) is 11.6 Å². The lowest BCUT2D eigenvalue weighted by Crippen LogP contribution is -1.80. The Labute approximate surface area is 75.4 Å². The fraction of sp³-hybridized carbons (Fsp3) is 0. The largest absolute Gasteiger partial charge is 0.264 e. The highest BCUT2D eigenvalue weighted by Crippen LogP contribution is 2.11. The summed E-state index contributed by atoms with van der Waals surface area (Å²) in [4.78, 5) is 8.15. The van der Waals surface area contributed by atoms with Gasteiger partial charge in [0, 0.05) is 18.0 Å². The fourth-order valence-corrected chi connectivity index (χ4v) is 0.990. The van der Waals surface area contributed by atoms with Crippen molar-refractivity contribution in [2.45, 2.75) is 0 Å². The van der Waals surface area contributed by atoms with Crippen LogP contribution in [0.3, 0.4) is 0 Å². The van der Waals surface area contributed by atoms with Gasteiger partial charge in [-0.1, -0.05) is 6.58 Å². The van der Waals surface area contributed by atoms with Crippen LogP contribution in [0.2, 0.25) is 0 Å². The third kappa shape index (κ3) is 1.46. The second-order valence-corrected chi connectivity index (χ2v) is 2.49. The summed E-state index contributed by atoms with van der Waals surface area (Å²) in [6.07, 6.45) is 5.05. The standard InChI is InChI=1S/C9H8N4/c1-2-8-11-9(13-12-8)7-4-3-5-10-6-7/h2-6H,1H2,(H,11,12,13). The van der Waals surface area contributed by atoms with Gasteiger partial charge in [0.25, 0.3) is 0 Å². The topological polar surface area (TPSA) is 54.5 Å². The minimum absolute atomic E-state index is 0.642. The highest BCUT2D eigenvalue weighted by molar-refractivity contribution is 5.54. The van der Waals surface area contributed by atoms with E-state index in [1.165, 1.54) is 0 Å². The SMILES string of the molecule is C=Cc1nc(-c2cccnc2)n[nH]1. The number of nitrogens with one attached hydrogen (secondary N) is 1. The molecule has 0 aromatic carbocycles. The molecule has 0 saturated carbocycles. The van der Waals surface area contributed by atoms with E-state index >= 15 is 0 Å². The molecule has 0 aliphatic rings. The molecular weight excluding hydrogens is 164 g/mol. The molecule has 0 unspecified atom stereocenters. The number of nitrogens with zero attached hydrogens (tertiary/aromatic N) is 3. The highest BCUT2D eigenvalue weighted by atomic mass is 15.2. The second-order valence-electron chi connectivity index (χ2n) is 2.49. The Bertz CT molecular complexity index is 405. The Morgan fingerprint density at radius 1 is 1.46 bits per heavy atom. The molecule has 0 bridgehead atoms. The summed E-state index contributed by atoms with van der Waals surface area (Å²) in [6, 6.07) is 3.75. The molecule has 0 aliphatic heterocycles. The fourth-order valence-electron chi connectivity index (χ4n) is 0.990. The number of aromatic nitrogens is 4. The maximum Gasteiger partial charge on any atom is 0.183 e. The molecule has 64 valence electrons. The van der Waals surface area contributed by atoms with Crippen molar-refractivity contribution in [1.29, 1.82) is 0 Å². The number of hydrogen-bond acceptors (Lipinski definition) is 3. The quantitative estimate of drug-likeness (QED) is 0.747. The van der Waals surface area contributed by atoms with Gasteiger partial charge in [0.1, 0.15) is 5.82 Å². The summed E-state index contributed by atoms with van der Waals surface area (Å²) < 4.78 is 0. The first kappa shape index (κ1) is 7.67. The minimum Gasteiger partial charge on any atom is -0.264 e. The molecule has 0 saturated heterocycles. The zero-order valence-corrected chi connectivity index (χ0v) is 6.94. The van der Waals surface area contributed by atoms with Gasteiger partial charge in [-0.05, 0) is 18.2 Å². The molecule has 2 aromatic heterocycles. The van der Waals surface area contributed by atoms with Crippen molar-refractivity contribution in [2.24, 2.45) is 0 Å². The van der Waals surface area contributed by atoms with E-state index in [0.717, 1.165) is 5.56 Å². The van der Waals surface area contributed by atoms with Crippen LogP contribution in [0.5, 0.6) is 0 Å². The molecule has 0 radical (unpaired) electrons. The molecule has 4 nitrogen and oxygen atoms in total. The average Bonchev–Trinajstić information content (AvgIpc) is 2.67. The van der Waals surface area contributed by atoms with Gasteiger partial charge in [0.05, 0.1) is 0 Å². The lowest BCUT2D eigenvalue weighted by atomic mass is 10.3. The third-order valence-corrected chi connectivity index (χ3v) is 1.62. The predicted molar refractivity (Wildman–Crippen MR) is 49.7 cm³/mol. The number of rotatable bonds is 2. The van der Waals surface area contributed by atoms with Crippen LogP contribution >= 0.6 is 0 Å². The molecule has 1 N–H and O–H groups in total. The van der Waals surface area contributed by atoms with E-state index < -0.39 is 0 Å². The third-order valence-electron chi connectivity index (χ3n) is 1.62. The number of hydrogen-bond donors (Lipinski definition) is 1. The first-order valence-corrected chi connectivity index (χ1v) is 3.85. The summed E-state index contributed by atoms with van der Waals surface area (Å²) >= 11 is 0. The zero-order chi connectivity index (χ0) is 9.10. The van der Waals surface area contributed by atoms with Crippen molar-refractivity contribution >= 4 is 6.08 Å². The lowest BCUT2D eigenvalue weighted by Gasteiger charge is -1.90. The maximum atomic E-state index is 4.17. The van der Waals surface area contributed by atoms with Crippen molar-refractivity contribution in [3.8, 4) is 11.4 Å². The Hall–Kier alpha value is -1.97. The average molecular weight is 172 g/mol. The number of aromatic amines is 1. The van der Waals surface area contributed by atoms with E-state index in [4.69, 9.17) is 0 Å². The lowest BCUT2D eigenvalue weighted by molar-refractivity contribution is 1.08. The molecule has 0 spiro atoms. The van der Waals surface area contributed by atoms with Crippen molar-refractivity contribution < 1.29 is 0 Å². The van der Waals surface area contributed by atoms with Gasteiger partial charge in [-0.15, -0.1) is 0 Å². The molecule has 13 heavy (non-hydrogen) atoms. The van der Waals surface area contributed by atoms with Gasteiger partial charge < -0.3 is 0 Å². The van der Waals surface area contributed by atoms with Gasteiger partial charge in [0.15, 0.2) is 5.82 Å². The highest BCUT2D eigenvalue weighted by Gasteiger charge is 2.02. The number of pyridine rings is 1. The predicted octanol–water partition coefficient (Wildman–Crippen LogP) is 1.51. The van der Waals surface area contributed by atoms with Gasteiger partial charge in [-0.25, -0.2) is 4.98 Å². The van der Waals surface area contributed by atoms with Crippen molar-refractivity contribution in [2.75, 3.05) is 0 Å². The van der Waals surface area contributed by atoms with E-state index in [1.807, 2.05) is 12.1 Å². The molecule has 2 heterocycles. The van der Waals surface area contributed by atoms with E-state index in [2.05, 4.69) is 26.7 Å². The Morgan fingerprint density at radius 3 is 3.00 bits per heavy atom. The smallest absolute Gasteiger partial charge is 0.183 e. The van der Waals surface area contributed by atoms with E-state index in [-0.39, 0.29) is 0 Å². The van der Waals surface area contributed by atoms with Gasteiger partial charge in [0.2, 0.25) is 0 Å². The Balaban J connectivity index is 2.41. The van der Waals surface area contributed by atoms with Crippen LogP contribution in [-0.4, -0.2) is 20.2 Å². The normalized spacial score (nSPS) is 9.85. The zero-order valence-electron chi connectivity index (χ0n) is 6.94. The Kier molecular flexibility index (Phi) is 1.88. The van der Waals surface area contributed by atoms with Crippen LogP contribution in [0.15, 0.2) is 31.1 Å². The van der Waals surface area contributed by atoms with Crippen molar-refractivity contribution in [1.82, 2.24) is 20.2 Å². The summed E-state index contributed by atoms with van der Waals surface area (Å²) in [6.45, 7) is 3.59. The van der Waals surface area contributed by atoms with Crippen molar-refractivity contribution in [3.63, 3.8) is 0 Å². The van der Waals surface area contributed by atoms with Crippen LogP contribution in [0.25, 0.3) is 17.5 Å². The van der Waals surface area contributed by atoms with E-state index in [1.54, 1.807) is 18.5 Å². The molecule has 0 fully saturated rings. The molecular formula is C9H8N4. The van der Waals surface area contributed by atoms with Crippen LogP contribution in [0.4, 0.5) is 0 Å². The van der Waals surface area contributed by atoms with Gasteiger partial charge >= 0.3 is 0 Å². The summed E-state index contributed by atoms with van der Waals surface area (Å²) in [7, 11) is 0. The van der Waals surface area contributed by atoms with E-state index in [9.17, 15) is 0 Å². The summed E-state index contributed by atoms with van der Waals surface area (Å²) in [5.74, 6) is 1.31. The molecule has 4 heteroatoms. The molecule has 0 amide bonds. The van der Waals surface area contributed by atoms with Crippen LogP contribution in [0, 0.1) is 0 Å². The first-order chi connectivity index (χ1) is 6.40. The van der Waals surface area contributed by atoms with Crippen LogP contribution in [-0.2, 0) is 0 Å². The van der Waals surface area contributed by atoms with Crippen LogP contribution < -0.4 is 0 Å². The van der Waals surface area contributed by atoms with Gasteiger partial charge in [-0.2, -0.15) is 5.10 Å². The summed E-state index contributed by atoms with van der Waals surface area (Å²) in [5.41, 5.74) is 0.895. The molecule has 2 rings (SSSR count).